The zero-order valence-electron chi connectivity index (χ0n) is 10.1. The van der Waals surface area contributed by atoms with Crippen molar-refractivity contribution in [3.8, 4) is 0 Å². The Morgan fingerprint density at radius 2 is 2.11 bits per heavy atom. The molecule has 92 valence electrons. The van der Waals surface area contributed by atoms with Crippen molar-refractivity contribution in [2.45, 2.75) is 19.8 Å². The predicted molar refractivity (Wildman–Crippen MR) is 70.0 cm³/mol. The molecule has 1 aliphatic rings. The maximum atomic E-state index is 11.7. The molecule has 2 aromatic heterocycles. The van der Waals surface area contributed by atoms with Crippen molar-refractivity contribution in [2.75, 3.05) is 11.1 Å². The molecule has 1 saturated carbocycles. The first-order chi connectivity index (χ1) is 8.65. The Morgan fingerprint density at radius 3 is 2.83 bits per heavy atom. The van der Waals surface area contributed by atoms with Crippen molar-refractivity contribution >= 4 is 28.3 Å². The second-order valence-electron chi connectivity index (χ2n) is 4.71. The van der Waals surface area contributed by atoms with Gasteiger partial charge in [0.15, 0.2) is 0 Å². The van der Waals surface area contributed by atoms with Gasteiger partial charge in [0.05, 0.1) is 0 Å². The number of hydrogen-bond donors (Lipinski definition) is 2. The van der Waals surface area contributed by atoms with Crippen LogP contribution >= 0.6 is 0 Å². The molecule has 0 radical (unpaired) electrons. The number of carbonyl (C=O) groups is 1. The van der Waals surface area contributed by atoms with Crippen LogP contribution in [0.15, 0.2) is 18.5 Å². The lowest BCUT2D eigenvalue weighted by Gasteiger charge is -2.07. The van der Waals surface area contributed by atoms with Gasteiger partial charge in [-0.05, 0) is 36.8 Å². The minimum atomic E-state index is 0.0570. The van der Waals surface area contributed by atoms with E-state index in [2.05, 4.69) is 15.3 Å². The highest BCUT2D eigenvalue weighted by Crippen LogP contribution is 2.30. The van der Waals surface area contributed by atoms with Gasteiger partial charge < -0.3 is 11.1 Å². The first-order valence-corrected chi connectivity index (χ1v) is 5.97. The summed E-state index contributed by atoms with van der Waals surface area (Å²) in [6.45, 7) is 1.96. The third-order valence-electron chi connectivity index (χ3n) is 3.20. The number of rotatable bonds is 2. The third kappa shape index (κ3) is 1.88. The van der Waals surface area contributed by atoms with Gasteiger partial charge in [0.25, 0.3) is 0 Å². The van der Waals surface area contributed by atoms with Crippen LogP contribution in [0.4, 0.5) is 11.6 Å². The molecule has 2 heterocycles. The molecule has 3 N–H and O–H groups in total. The van der Waals surface area contributed by atoms with Crippen molar-refractivity contribution in [3.63, 3.8) is 0 Å². The smallest absolute Gasteiger partial charge is 0.228 e. The summed E-state index contributed by atoms with van der Waals surface area (Å²) in [5.74, 6) is 1.27. The van der Waals surface area contributed by atoms with Crippen molar-refractivity contribution in [1.82, 2.24) is 9.97 Å². The molecule has 1 fully saturated rings. The summed E-state index contributed by atoms with van der Waals surface area (Å²) in [5.41, 5.74) is 6.81. The van der Waals surface area contributed by atoms with Crippen LogP contribution in [0.3, 0.4) is 0 Å². The second kappa shape index (κ2) is 3.94. The van der Waals surface area contributed by atoms with Crippen LogP contribution in [0.25, 0.3) is 10.8 Å². The Bertz CT molecular complexity index is 634. The van der Waals surface area contributed by atoms with Crippen molar-refractivity contribution in [2.24, 2.45) is 5.92 Å². The van der Waals surface area contributed by atoms with E-state index in [1.54, 1.807) is 12.4 Å². The van der Waals surface area contributed by atoms with Crippen molar-refractivity contribution < 1.29 is 4.79 Å². The summed E-state index contributed by atoms with van der Waals surface area (Å²) in [5, 5.41) is 4.63. The van der Waals surface area contributed by atoms with Crippen LogP contribution in [-0.4, -0.2) is 15.9 Å². The largest absolute Gasteiger partial charge is 0.383 e. The molecule has 0 spiro atoms. The van der Waals surface area contributed by atoms with E-state index in [9.17, 15) is 4.79 Å². The van der Waals surface area contributed by atoms with Gasteiger partial charge in [0, 0.05) is 23.7 Å². The van der Waals surface area contributed by atoms with Crippen LogP contribution in [-0.2, 0) is 4.79 Å². The number of fused-ring (bicyclic) bond motifs is 1. The first-order valence-electron chi connectivity index (χ1n) is 5.97. The van der Waals surface area contributed by atoms with Gasteiger partial charge in [-0.2, -0.15) is 0 Å². The molecule has 3 rings (SSSR count). The Balaban J connectivity index is 1.99. The summed E-state index contributed by atoms with van der Waals surface area (Å²) in [7, 11) is 0. The van der Waals surface area contributed by atoms with Crippen LogP contribution in [0.5, 0.6) is 0 Å². The van der Waals surface area contributed by atoms with E-state index >= 15 is 0 Å². The number of anilines is 2. The first kappa shape index (κ1) is 11.0. The fourth-order valence-corrected chi connectivity index (χ4v) is 1.93. The SMILES string of the molecule is Cc1cnc(N)c2cnc(NC(=O)C3CC3)cc12. The number of carbonyl (C=O) groups excluding carboxylic acids is 1. The molecule has 2 aromatic rings. The second-order valence-corrected chi connectivity index (χ2v) is 4.71. The Hall–Kier alpha value is -2.17. The van der Waals surface area contributed by atoms with E-state index in [1.165, 1.54) is 0 Å². The quantitative estimate of drug-likeness (QED) is 0.842. The van der Waals surface area contributed by atoms with E-state index in [4.69, 9.17) is 5.73 Å². The molecule has 0 saturated heterocycles. The number of hydrogen-bond acceptors (Lipinski definition) is 4. The number of nitrogens with zero attached hydrogens (tertiary/aromatic N) is 2. The zero-order chi connectivity index (χ0) is 12.7. The molecule has 0 atom stereocenters. The van der Waals surface area contributed by atoms with Crippen molar-refractivity contribution in [1.29, 1.82) is 0 Å². The Labute approximate surface area is 104 Å². The zero-order valence-corrected chi connectivity index (χ0v) is 10.1. The number of amides is 1. The summed E-state index contributed by atoms with van der Waals surface area (Å²) in [6.07, 6.45) is 5.35. The number of aryl methyl sites for hydroxylation is 1. The van der Waals surface area contributed by atoms with Gasteiger partial charge in [0.2, 0.25) is 5.91 Å². The highest BCUT2D eigenvalue weighted by Gasteiger charge is 2.29. The fourth-order valence-electron chi connectivity index (χ4n) is 1.93. The third-order valence-corrected chi connectivity index (χ3v) is 3.20. The van der Waals surface area contributed by atoms with Gasteiger partial charge in [-0.1, -0.05) is 0 Å². The fraction of sp³-hybridized carbons (Fsp3) is 0.308. The topological polar surface area (TPSA) is 80.9 Å². The van der Waals surface area contributed by atoms with E-state index < -0.39 is 0 Å². The lowest BCUT2D eigenvalue weighted by atomic mass is 10.1. The van der Waals surface area contributed by atoms with E-state index in [0.717, 1.165) is 29.2 Å². The maximum Gasteiger partial charge on any atom is 0.228 e. The maximum absolute atomic E-state index is 11.7. The molecule has 5 heteroatoms. The van der Waals surface area contributed by atoms with Gasteiger partial charge in [-0.25, -0.2) is 9.97 Å². The summed E-state index contributed by atoms with van der Waals surface area (Å²) in [6, 6.07) is 1.85. The highest BCUT2D eigenvalue weighted by atomic mass is 16.2. The Morgan fingerprint density at radius 1 is 1.33 bits per heavy atom. The van der Waals surface area contributed by atoms with Crippen LogP contribution < -0.4 is 11.1 Å². The molecule has 18 heavy (non-hydrogen) atoms. The molecule has 0 unspecified atom stereocenters. The number of nitrogens with two attached hydrogens (primary N) is 1. The molecule has 1 aliphatic carbocycles. The van der Waals surface area contributed by atoms with Crippen molar-refractivity contribution in [3.05, 3.63) is 24.0 Å². The highest BCUT2D eigenvalue weighted by molar-refractivity contribution is 5.98. The Kier molecular flexibility index (Phi) is 2.40. The van der Waals surface area contributed by atoms with Gasteiger partial charge >= 0.3 is 0 Å². The lowest BCUT2D eigenvalue weighted by molar-refractivity contribution is -0.117. The van der Waals surface area contributed by atoms with Crippen LogP contribution in [0, 0.1) is 12.8 Å². The lowest BCUT2D eigenvalue weighted by Crippen LogP contribution is -2.14. The van der Waals surface area contributed by atoms with E-state index in [1.807, 2.05) is 13.0 Å². The standard InChI is InChI=1S/C13H14N4O/c1-7-5-16-12(14)10-6-15-11(4-9(7)10)17-13(18)8-2-3-8/h4-6,8H,2-3H2,1H3,(H2,14,16)(H,15,17,18). The van der Waals surface area contributed by atoms with Crippen LogP contribution in [0.1, 0.15) is 18.4 Å². The number of pyridine rings is 2. The van der Waals surface area contributed by atoms with Crippen LogP contribution in [0.2, 0.25) is 0 Å². The minimum Gasteiger partial charge on any atom is -0.383 e. The van der Waals surface area contributed by atoms with Gasteiger partial charge in [0.1, 0.15) is 11.6 Å². The van der Waals surface area contributed by atoms with E-state index in [-0.39, 0.29) is 11.8 Å². The number of nitrogen functional groups attached to an aromatic ring is 1. The van der Waals surface area contributed by atoms with Gasteiger partial charge in [-0.15, -0.1) is 0 Å². The molecule has 0 bridgehead atoms. The predicted octanol–water partition coefficient (Wildman–Crippen LogP) is 1.87. The number of aromatic nitrogens is 2. The molecule has 1 amide bonds. The minimum absolute atomic E-state index is 0.0570. The average molecular weight is 242 g/mol. The summed E-state index contributed by atoms with van der Waals surface area (Å²) >= 11 is 0. The molecule has 5 nitrogen and oxygen atoms in total. The molecule has 0 aromatic carbocycles. The number of nitrogens with one attached hydrogen (secondary N) is 1. The molecule has 0 aliphatic heterocycles. The average Bonchev–Trinajstić information content (AvgIpc) is 3.18. The normalized spacial score (nSPS) is 14.7. The van der Waals surface area contributed by atoms with Gasteiger partial charge in [-0.3, -0.25) is 4.79 Å². The summed E-state index contributed by atoms with van der Waals surface area (Å²) in [4.78, 5) is 20.0. The van der Waals surface area contributed by atoms with E-state index in [0.29, 0.717) is 11.6 Å². The summed E-state index contributed by atoms with van der Waals surface area (Å²) < 4.78 is 0. The molecular formula is C13H14N4O. The molecular weight excluding hydrogens is 228 g/mol. The monoisotopic (exact) mass is 242 g/mol.